The Kier molecular flexibility index (Phi) is 4.11. The highest BCUT2D eigenvalue weighted by molar-refractivity contribution is 6.26. The third-order valence-corrected chi connectivity index (χ3v) is 8.48. The van der Waals surface area contributed by atoms with Gasteiger partial charge >= 0.3 is 0 Å². The van der Waals surface area contributed by atoms with Crippen LogP contribution in [0.15, 0.2) is 91.0 Å². The molecule has 2 heterocycles. The minimum atomic E-state index is 0.149. The topological polar surface area (TPSA) is 4.41 Å². The molecule has 1 heteroatoms. The highest BCUT2D eigenvalue weighted by atomic mass is 14.9. The SMILES string of the molecule is CC(C)(C)c1ccc(-c2cc3c4cc5c(cc4n4c6cc7ccccc7cc6c(c2)c34)CCC=C5)cc1. The summed E-state index contributed by atoms with van der Waals surface area (Å²) in [5, 5.41) is 7.98. The molecule has 1 nitrogen and oxygen atoms in total. The zero-order chi connectivity index (χ0) is 24.9. The molecule has 0 amide bonds. The first-order valence-electron chi connectivity index (χ1n) is 13.4. The molecule has 1 aliphatic rings. The molecule has 1 aliphatic carbocycles. The zero-order valence-electron chi connectivity index (χ0n) is 21.6. The Morgan fingerprint density at radius 2 is 1.32 bits per heavy atom. The predicted molar refractivity (Wildman–Crippen MR) is 160 cm³/mol. The molecule has 0 aliphatic heterocycles. The van der Waals surface area contributed by atoms with Gasteiger partial charge in [-0.2, -0.15) is 0 Å². The van der Waals surface area contributed by atoms with Crippen LogP contribution in [-0.2, 0) is 11.8 Å². The first-order chi connectivity index (χ1) is 18.0. The molecule has 0 radical (unpaired) electrons. The van der Waals surface area contributed by atoms with Gasteiger partial charge in [0.15, 0.2) is 0 Å². The Balaban J connectivity index is 1.52. The van der Waals surface area contributed by atoms with Crippen molar-refractivity contribution in [3.05, 3.63) is 108 Å². The lowest BCUT2D eigenvalue weighted by molar-refractivity contribution is 0.590. The molecule has 0 saturated carbocycles. The molecule has 178 valence electrons. The second-order valence-corrected chi connectivity index (χ2v) is 11.8. The number of allylic oxidation sites excluding steroid dienone is 1. The van der Waals surface area contributed by atoms with Gasteiger partial charge in [0.2, 0.25) is 0 Å². The van der Waals surface area contributed by atoms with Crippen LogP contribution in [0.1, 0.15) is 43.9 Å². The van der Waals surface area contributed by atoms with Gasteiger partial charge < -0.3 is 4.40 Å². The molecule has 37 heavy (non-hydrogen) atoms. The fourth-order valence-electron chi connectivity index (χ4n) is 6.48. The van der Waals surface area contributed by atoms with Crippen molar-refractivity contribution in [2.24, 2.45) is 0 Å². The smallest absolute Gasteiger partial charge is 0.0620 e. The van der Waals surface area contributed by atoms with E-state index in [9.17, 15) is 0 Å². The monoisotopic (exact) mass is 475 g/mol. The average Bonchev–Trinajstić information content (AvgIpc) is 3.40. The maximum atomic E-state index is 2.53. The molecule has 0 bridgehead atoms. The molecule has 0 spiro atoms. The van der Waals surface area contributed by atoms with Crippen LogP contribution in [0.3, 0.4) is 0 Å². The van der Waals surface area contributed by atoms with Gasteiger partial charge in [-0.3, -0.25) is 0 Å². The molecule has 0 N–H and O–H groups in total. The van der Waals surface area contributed by atoms with E-state index in [0.717, 1.165) is 12.8 Å². The number of hydrogen-bond acceptors (Lipinski definition) is 0. The van der Waals surface area contributed by atoms with Crippen molar-refractivity contribution in [3.63, 3.8) is 0 Å². The van der Waals surface area contributed by atoms with E-state index in [1.54, 1.807) is 0 Å². The summed E-state index contributed by atoms with van der Waals surface area (Å²) < 4.78 is 2.53. The van der Waals surface area contributed by atoms with E-state index in [-0.39, 0.29) is 5.41 Å². The molecule has 0 fully saturated rings. The summed E-state index contributed by atoms with van der Waals surface area (Å²) >= 11 is 0. The quantitative estimate of drug-likeness (QED) is 0.222. The summed E-state index contributed by atoms with van der Waals surface area (Å²) in [7, 11) is 0. The van der Waals surface area contributed by atoms with Crippen LogP contribution in [0.5, 0.6) is 0 Å². The van der Waals surface area contributed by atoms with Gasteiger partial charge in [-0.25, -0.2) is 0 Å². The normalized spacial score (nSPS) is 14.0. The predicted octanol–water partition coefficient (Wildman–Crippen LogP) is 9.91. The summed E-state index contributed by atoms with van der Waals surface area (Å²) in [5.41, 5.74) is 10.9. The lowest BCUT2D eigenvalue weighted by Gasteiger charge is -2.19. The van der Waals surface area contributed by atoms with E-state index >= 15 is 0 Å². The highest BCUT2D eigenvalue weighted by Gasteiger charge is 2.21. The lowest BCUT2D eigenvalue weighted by atomic mass is 9.86. The molecule has 2 aromatic heterocycles. The van der Waals surface area contributed by atoms with Gasteiger partial charge in [-0.15, -0.1) is 0 Å². The van der Waals surface area contributed by atoms with Crippen molar-refractivity contribution < 1.29 is 0 Å². The van der Waals surface area contributed by atoms with Crippen LogP contribution in [0.2, 0.25) is 0 Å². The van der Waals surface area contributed by atoms with E-state index < -0.39 is 0 Å². The first kappa shape index (κ1) is 21.0. The van der Waals surface area contributed by atoms with Crippen LogP contribution >= 0.6 is 0 Å². The van der Waals surface area contributed by atoms with Crippen LogP contribution < -0.4 is 0 Å². The lowest BCUT2D eigenvalue weighted by Crippen LogP contribution is -2.10. The van der Waals surface area contributed by atoms with E-state index in [1.807, 2.05) is 0 Å². The minimum absolute atomic E-state index is 0.149. The molecule has 7 aromatic rings. The van der Waals surface area contributed by atoms with E-state index in [0.29, 0.717) is 0 Å². The summed E-state index contributed by atoms with van der Waals surface area (Å²) in [4.78, 5) is 0. The molecular weight excluding hydrogens is 446 g/mol. The molecule has 0 saturated heterocycles. The van der Waals surface area contributed by atoms with Crippen LogP contribution in [0.25, 0.3) is 66.1 Å². The van der Waals surface area contributed by atoms with Gasteiger partial charge in [0, 0.05) is 21.5 Å². The van der Waals surface area contributed by atoms with Gasteiger partial charge in [0.25, 0.3) is 0 Å². The van der Waals surface area contributed by atoms with Gasteiger partial charge in [-0.1, -0.05) is 81.5 Å². The van der Waals surface area contributed by atoms with E-state index in [1.165, 1.54) is 76.7 Å². The van der Waals surface area contributed by atoms with Crippen molar-refractivity contribution in [2.75, 3.05) is 0 Å². The molecule has 8 rings (SSSR count). The van der Waals surface area contributed by atoms with Gasteiger partial charge in [-0.05, 0) is 93.2 Å². The second-order valence-electron chi connectivity index (χ2n) is 11.8. The van der Waals surface area contributed by atoms with Crippen LogP contribution in [-0.4, -0.2) is 4.40 Å². The highest BCUT2D eigenvalue weighted by Crippen LogP contribution is 2.44. The average molecular weight is 476 g/mol. The molecular formula is C36H29N. The number of nitrogens with zero attached hydrogens (tertiary/aromatic N) is 1. The number of fused-ring (bicyclic) bond motifs is 8. The summed E-state index contributed by atoms with van der Waals surface area (Å²) in [5.74, 6) is 0. The number of hydrogen-bond donors (Lipinski definition) is 0. The fourth-order valence-corrected chi connectivity index (χ4v) is 6.48. The minimum Gasteiger partial charge on any atom is -0.308 e. The Hall–Kier alpha value is -4.10. The molecule has 0 atom stereocenters. The number of aromatic nitrogens is 1. The van der Waals surface area contributed by atoms with Crippen molar-refractivity contribution in [2.45, 2.75) is 39.0 Å². The molecule has 0 unspecified atom stereocenters. The Bertz CT molecular complexity index is 2040. The maximum absolute atomic E-state index is 2.53. The number of aryl methyl sites for hydroxylation is 1. The number of benzene rings is 5. The van der Waals surface area contributed by atoms with Gasteiger partial charge in [0.05, 0.1) is 16.6 Å². The molecule has 5 aromatic carbocycles. The summed E-state index contributed by atoms with van der Waals surface area (Å²) in [6, 6.07) is 32.5. The van der Waals surface area contributed by atoms with E-state index in [2.05, 4.69) is 122 Å². The van der Waals surface area contributed by atoms with E-state index in [4.69, 9.17) is 0 Å². The van der Waals surface area contributed by atoms with Crippen molar-refractivity contribution >= 4 is 54.9 Å². The van der Waals surface area contributed by atoms with Gasteiger partial charge in [0.1, 0.15) is 0 Å². The Morgan fingerprint density at radius 3 is 2.05 bits per heavy atom. The third-order valence-electron chi connectivity index (χ3n) is 8.48. The maximum Gasteiger partial charge on any atom is 0.0620 e. The summed E-state index contributed by atoms with van der Waals surface area (Å²) in [6.07, 6.45) is 6.87. The van der Waals surface area contributed by atoms with Crippen molar-refractivity contribution in [1.29, 1.82) is 0 Å². The Morgan fingerprint density at radius 1 is 0.649 bits per heavy atom. The largest absolute Gasteiger partial charge is 0.308 e. The van der Waals surface area contributed by atoms with Crippen molar-refractivity contribution in [1.82, 2.24) is 4.40 Å². The first-order valence-corrected chi connectivity index (χ1v) is 13.4. The summed E-state index contributed by atoms with van der Waals surface area (Å²) in [6.45, 7) is 6.83. The van der Waals surface area contributed by atoms with Crippen LogP contribution in [0, 0.1) is 0 Å². The standard InChI is InChI=1S/C36H29N/c1-36(2,3)28-14-12-22(13-15-28)27-18-31-29-16-23-8-4-6-10-25(23)20-33(29)37-34-21-26-11-7-5-9-24(26)17-30(34)32(19-27)35(31)37/h4-6,8-10,12-21H,7,11H2,1-3H3. The fraction of sp³-hybridized carbons (Fsp3) is 0.167. The van der Waals surface area contributed by atoms with Crippen LogP contribution in [0.4, 0.5) is 0 Å². The zero-order valence-corrected chi connectivity index (χ0v) is 21.6. The number of rotatable bonds is 1. The Labute approximate surface area is 217 Å². The second kappa shape index (κ2) is 7.23. The van der Waals surface area contributed by atoms with Crippen molar-refractivity contribution in [3.8, 4) is 11.1 Å². The third kappa shape index (κ3) is 2.98.